The standard InChI is InChI=1S/C22H23FN4O/c23-17-5-3-4-15(12-17)16-6-7-18-19(13-16)21(24)26-14-20(18)22(28)25-8-11-27-9-1-2-10-27/h3-7,12-14H,1-2,8-11H2,(H2,24,26)(H,25,28). The van der Waals surface area contributed by atoms with Crippen LogP contribution in [-0.4, -0.2) is 42.0 Å². The van der Waals surface area contributed by atoms with Crippen molar-refractivity contribution in [2.45, 2.75) is 12.8 Å². The quantitative estimate of drug-likeness (QED) is 0.713. The molecule has 1 saturated heterocycles. The average molecular weight is 378 g/mol. The first-order valence-corrected chi connectivity index (χ1v) is 9.56. The molecule has 0 spiro atoms. The number of amides is 1. The zero-order valence-corrected chi connectivity index (χ0v) is 15.6. The molecular weight excluding hydrogens is 355 g/mol. The molecule has 2 aromatic carbocycles. The normalized spacial score (nSPS) is 14.5. The molecule has 5 nitrogen and oxygen atoms in total. The monoisotopic (exact) mass is 378 g/mol. The average Bonchev–Trinajstić information content (AvgIpc) is 3.21. The molecule has 1 aliphatic rings. The number of aromatic nitrogens is 1. The molecule has 1 aromatic heterocycles. The number of anilines is 1. The van der Waals surface area contributed by atoms with E-state index >= 15 is 0 Å². The smallest absolute Gasteiger partial charge is 0.253 e. The number of fused-ring (bicyclic) bond motifs is 1. The van der Waals surface area contributed by atoms with Gasteiger partial charge in [0.15, 0.2) is 0 Å². The van der Waals surface area contributed by atoms with E-state index < -0.39 is 0 Å². The molecule has 28 heavy (non-hydrogen) atoms. The van der Waals surface area contributed by atoms with Crippen LogP contribution in [0, 0.1) is 5.82 Å². The van der Waals surface area contributed by atoms with Crippen molar-refractivity contribution in [3.05, 3.63) is 60.0 Å². The summed E-state index contributed by atoms with van der Waals surface area (Å²) in [5.74, 6) is -0.105. The third kappa shape index (κ3) is 3.82. The van der Waals surface area contributed by atoms with Gasteiger partial charge in [0, 0.05) is 24.7 Å². The number of rotatable bonds is 5. The number of hydrogen-bond acceptors (Lipinski definition) is 4. The van der Waals surface area contributed by atoms with Crippen LogP contribution in [0.3, 0.4) is 0 Å². The van der Waals surface area contributed by atoms with E-state index in [0.29, 0.717) is 23.3 Å². The van der Waals surface area contributed by atoms with Crippen molar-refractivity contribution in [3.63, 3.8) is 0 Å². The molecule has 0 atom stereocenters. The summed E-state index contributed by atoms with van der Waals surface area (Å²) in [6.45, 7) is 3.66. The second-order valence-electron chi connectivity index (χ2n) is 7.13. The Labute approximate surface area is 163 Å². The van der Waals surface area contributed by atoms with Crippen molar-refractivity contribution in [2.24, 2.45) is 0 Å². The summed E-state index contributed by atoms with van der Waals surface area (Å²) in [5, 5.41) is 4.41. The first kappa shape index (κ1) is 18.4. The second kappa shape index (κ2) is 7.94. The third-order valence-corrected chi connectivity index (χ3v) is 5.23. The van der Waals surface area contributed by atoms with Gasteiger partial charge in [-0.15, -0.1) is 0 Å². The Morgan fingerprint density at radius 2 is 1.89 bits per heavy atom. The Bertz CT molecular complexity index is 1010. The maximum atomic E-state index is 13.6. The number of hydrogen-bond donors (Lipinski definition) is 2. The van der Waals surface area contributed by atoms with Gasteiger partial charge in [-0.1, -0.05) is 24.3 Å². The first-order valence-electron chi connectivity index (χ1n) is 9.56. The van der Waals surface area contributed by atoms with Gasteiger partial charge in [0.1, 0.15) is 11.6 Å². The minimum atomic E-state index is -0.296. The van der Waals surface area contributed by atoms with Crippen LogP contribution in [0.4, 0.5) is 10.2 Å². The van der Waals surface area contributed by atoms with Crippen molar-refractivity contribution in [2.75, 3.05) is 31.9 Å². The highest BCUT2D eigenvalue weighted by atomic mass is 19.1. The van der Waals surface area contributed by atoms with Crippen LogP contribution in [0.15, 0.2) is 48.7 Å². The molecule has 1 amide bonds. The fourth-order valence-corrected chi connectivity index (χ4v) is 3.72. The lowest BCUT2D eigenvalue weighted by Crippen LogP contribution is -2.33. The fraction of sp³-hybridized carbons (Fsp3) is 0.273. The van der Waals surface area contributed by atoms with Crippen LogP contribution < -0.4 is 11.1 Å². The van der Waals surface area contributed by atoms with Crippen molar-refractivity contribution >= 4 is 22.5 Å². The van der Waals surface area contributed by atoms with E-state index in [2.05, 4.69) is 15.2 Å². The van der Waals surface area contributed by atoms with E-state index in [4.69, 9.17) is 5.73 Å². The molecule has 0 saturated carbocycles. The molecule has 1 aliphatic heterocycles. The zero-order chi connectivity index (χ0) is 19.5. The number of nitrogen functional groups attached to an aromatic ring is 1. The fourth-order valence-electron chi connectivity index (χ4n) is 3.72. The van der Waals surface area contributed by atoms with Gasteiger partial charge in [0.25, 0.3) is 5.91 Å². The number of nitrogens with one attached hydrogen (secondary N) is 1. The largest absolute Gasteiger partial charge is 0.383 e. The number of nitrogens with zero attached hydrogens (tertiary/aromatic N) is 2. The maximum absolute atomic E-state index is 13.6. The molecule has 0 aliphatic carbocycles. The van der Waals surface area contributed by atoms with Gasteiger partial charge in [-0.3, -0.25) is 4.79 Å². The van der Waals surface area contributed by atoms with Gasteiger partial charge in [-0.25, -0.2) is 9.37 Å². The summed E-state index contributed by atoms with van der Waals surface area (Å²) in [6.07, 6.45) is 3.98. The number of halogens is 1. The Balaban J connectivity index is 1.59. The highest BCUT2D eigenvalue weighted by molar-refractivity contribution is 6.09. The lowest BCUT2D eigenvalue weighted by Gasteiger charge is -2.15. The lowest BCUT2D eigenvalue weighted by molar-refractivity contribution is 0.0951. The zero-order valence-electron chi connectivity index (χ0n) is 15.6. The Kier molecular flexibility index (Phi) is 5.21. The highest BCUT2D eigenvalue weighted by Crippen LogP contribution is 2.29. The van der Waals surface area contributed by atoms with Gasteiger partial charge < -0.3 is 16.0 Å². The van der Waals surface area contributed by atoms with Crippen LogP contribution in [0.1, 0.15) is 23.2 Å². The van der Waals surface area contributed by atoms with Gasteiger partial charge in [0.2, 0.25) is 0 Å². The summed E-state index contributed by atoms with van der Waals surface area (Å²) in [7, 11) is 0. The van der Waals surface area contributed by atoms with Gasteiger partial charge >= 0.3 is 0 Å². The van der Waals surface area contributed by atoms with Gasteiger partial charge in [0.05, 0.1) is 5.56 Å². The van der Waals surface area contributed by atoms with Crippen molar-refractivity contribution in [1.29, 1.82) is 0 Å². The van der Waals surface area contributed by atoms with E-state index in [1.807, 2.05) is 24.3 Å². The lowest BCUT2D eigenvalue weighted by atomic mass is 9.99. The number of carbonyl (C=O) groups is 1. The predicted octanol–water partition coefficient (Wildman–Crippen LogP) is 3.45. The molecule has 4 rings (SSSR count). The number of carbonyl (C=O) groups excluding carboxylic acids is 1. The summed E-state index contributed by atoms with van der Waals surface area (Å²) in [6, 6.07) is 12.0. The van der Waals surface area contributed by atoms with Crippen LogP contribution in [-0.2, 0) is 0 Å². The molecule has 0 unspecified atom stereocenters. The number of pyridine rings is 1. The van der Waals surface area contributed by atoms with Crippen LogP contribution >= 0.6 is 0 Å². The Morgan fingerprint density at radius 1 is 1.11 bits per heavy atom. The number of nitrogens with two attached hydrogens (primary N) is 1. The molecule has 6 heteroatoms. The molecule has 3 aromatic rings. The summed E-state index contributed by atoms with van der Waals surface area (Å²) in [5.41, 5.74) is 8.14. The van der Waals surface area contributed by atoms with E-state index in [9.17, 15) is 9.18 Å². The Morgan fingerprint density at radius 3 is 2.68 bits per heavy atom. The molecule has 1 fully saturated rings. The van der Waals surface area contributed by atoms with Crippen LogP contribution in [0.25, 0.3) is 21.9 Å². The van der Waals surface area contributed by atoms with Crippen molar-refractivity contribution in [1.82, 2.24) is 15.2 Å². The molecular formula is C22H23FN4O. The minimum Gasteiger partial charge on any atom is -0.383 e. The second-order valence-corrected chi connectivity index (χ2v) is 7.13. The van der Waals surface area contributed by atoms with Gasteiger partial charge in [-0.2, -0.15) is 0 Å². The highest BCUT2D eigenvalue weighted by Gasteiger charge is 2.15. The summed E-state index contributed by atoms with van der Waals surface area (Å²) in [4.78, 5) is 19.2. The topological polar surface area (TPSA) is 71.2 Å². The van der Waals surface area contributed by atoms with Crippen LogP contribution in [0.5, 0.6) is 0 Å². The predicted molar refractivity (Wildman–Crippen MR) is 110 cm³/mol. The molecule has 0 radical (unpaired) electrons. The van der Waals surface area contributed by atoms with Crippen molar-refractivity contribution < 1.29 is 9.18 Å². The first-order chi connectivity index (χ1) is 13.6. The minimum absolute atomic E-state index is 0.157. The SMILES string of the molecule is Nc1ncc(C(=O)NCCN2CCCC2)c2ccc(-c3cccc(F)c3)cc12. The molecule has 144 valence electrons. The van der Waals surface area contributed by atoms with E-state index in [0.717, 1.165) is 36.1 Å². The van der Waals surface area contributed by atoms with Gasteiger partial charge in [-0.05, 0) is 60.6 Å². The van der Waals surface area contributed by atoms with Crippen LogP contribution in [0.2, 0.25) is 0 Å². The number of likely N-dealkylation sites (tertiary alicyclic amines) is 1. The van der Waals surface area contributed by atoms with E-state index in [1.54, 1.807) is 6.07 Å². The number of benzene rings is 2. The van der Waals surface area contributed by atoms with E-state index in [1.165, 1.54) is 31.2 Å². The molecule has 2 heterocycles. The third-order valence-electron chi connectivity index (χ3n) is 5.23. The Hall–Kier alpha value is -2.99. The summed E-state index contributed by atoms with van der Waals surface area (Å²) >= 11 is 0. The molecule has 0 bridgehead atoms. The summed E-state index contributed by atoms with van der Waals surface area (Å²) < 4.78 is 13.6. The maximum Gasteiger partial charge on any atom is 0.253 e. The van der Waals surface area contributed by atoms with Crippen molar-refractivity contribution in [3.8, 4) is 11.1 Å². The molecule has 3 N–H and O–H groups in total. The van der Waals surface area contributed by atoms with E-state index in [-0.39, 0.29) is 11.7 Å².